The number of likely N-dealkylation sites (tertiary alicyclic amines) is 1. The minimum atomic E-state index is 0.737. The molecule has 4 N–H and O–H groups in total. The van der Waals surface area contributed by atoms with Crippen LogP contribution in [0.25, 0.3) is 0 Å². The Kier molecular flexibility index (Phi) is 7.54. The van der Waals surface area contributed by atoms with E-state index >= 15 is 0 Å². The summed E-state index contributed by atoms with van der Waals surface area (Å²) in [4.78, 5) is 3.51. The largest absolute Gasteiger partial charge is 0.339 e. The second-order valence-corrected chi connectivity index (χ2v) is 7.91. The predicted molar refractivity (Wildman–Crippen MR) is 96.8 cm³/mol. The molecule has 1 aromatic carbocycles. The smallest absolute Gasteiger partial charge is 0.127 e. The van der Waals surface area contributed by atoms with Crippen LogP contribution < -0.4 is 15.1 Å². The van der Waals surface area contributed by atoms with Crippen molar-refractivity contribution in [2.24, 2.45) is 0 Å². The first kappa shape index (κ1) is 18.4. The van der Waals surface area contributed by atoms with Crippen LogP contribution in [0.1, 0.15) is 46.1 Å². The molecule has 0 amide bonds. The summed E-state index contributed by atoms with van der Waals surface area (Å²) in [5.41, 5.74) is 1.48. The monoisotopic (exact) mass is 320 g/mol. The van der Waals surface area contributed by atoms with Crippen molar-refractivity contribution in [2.45, 2.75) is 65.2 Å². The van der Waals surface area contributed by atoms with Gasteiger partial charge in [0.2, 0.25) is 0 Å². The highest BCUT2D eigenvalue weighted by Gasteiger charge is 2.25. The molecule has 0 radical (unpaired) electrons. The minimum absolute atomic E-state index is 0.737. The molecule has 0 spiro atoms. The molecule has 1 saturated heterocycles. The Hall–Kier alpha value is -0.900. The van der Waals surface area contributed by atoms with Crippen molar-refractivity contribution in [2.75, 3.05) is 26.2 Å². The normalized spacial score (nSPS) is 22.2. The van der Waals surface area contributed by atoms with Crippen molar-refractivity contribution < 1.29 is 15.1 Å². The van der Waals surface area contributed by atoms with E-state index in [1.54, 1.807) is 9.80 Å². The van der Waals surface area contributed by atoms with Crippen LogP contribution in [0.15, 0.2) is 30.3 Å². The molecule has 1 aliphatic rings. The van der Waals surface area contributed by atoms with Gasteiger partial charge in [-0.05, 0) is 27.7 Å². The maximum atomic E-state index is 2.63. The molecule has 23 heavy (non-hydrogen) atoms. The molecular weight excluding hydrogens is 282 g/mol. The van der Waals surface area contributed by atoms with Crippen LogP contribution in [0, 0.1) is 0 Å². The molecule has 1 aliphatic heterocycles. The van der Waals surface area contributed by atoms with Crippen LogP contribution in [0.3, 0.4) is 0 Å². The van der Waals surface area contributed by atoms with Crippen molar-refractivity contribution in [1.29, 1.82) is 0 Å². The molecule has 130 valence electrons. The zero-order chi connectivity index (χ0) is 16.7. The molecular formula is C20H38N3+3. The van der Waals surface area contributed by atoms with E-state index in [2.05, 4.69) is 63.3 Å². The van der Waals surface area contributed by atoms with Crippen LogP contribution >= 0.6 is 0 Å². The van der Waals surface area contributed by atoms with Crippen molar-refractivity contribution in [3.63, 3.8) is 0 Å². The average molecular weight is 321 g/mol. The van der Waals surface area contributed by atoms with Crippen LogP contribution in [0.2, 0.25) is 0 Å². The van der Waals surface area contributed by atoms with Gasteiger partial charge in [0, 0.05) is 18.4 Å². The van der Waals surface area contributed by atoms with E-state index in [4.69, 9.17) is 0 Å². The van der Waals surface area contributed by atoms with Crippen LogP contribution in [0.5, 0.6) is 0 Å². The summed E-state index contributed by atoms with van der Waals surface area (Å²) in [6.07, 6.45) is 2.75. The van der Waals surface area contributed by atoms with Gasteiger partial charge in [-0.15, -0.1) is 0 Å². The third-order valence-corrected chi connectivity index (χ3v) is 5.45. The fourth-order valence-electron chi connectivity index (χ4n) is 4.08. The van der Waals surface area contributed by atoms with Gasteiger partial charge in [0.1, 0.15) is 19.6 Å². The molecule has 3 heteroatoms. The minimum Gasteiger partial charge on any atom is -0.339 e. The van der Waals surface area contributed by atoms with Crippen LogP contribution in [-0.4, -0.2) is 44.3 Å². The maximum absolute atomic E-state index is 2.63. The summed E-state index contributed by atoms with van der Waals surface area (Å²) in [5, 5.41) is 2.63. The molecule has 0 aromatic heterocycles. The van der Waals surface area contributed by atoms with Gasteiger partial charge < -0.3 is 15.1 Å². The molecule has 1 aromatic rings. The highest BCUT2D eigenvalue weighted by Crippen LogP contribution is 1.98. The number of quaternary nitrogens is 3. The number of nitrogens with two attached hydrogens (primary N) is 1. The second kappa shape index (κ2) is 9.41. The lowest BCUT2D eigenvalue weighted by Gasteiger charge is -2.30. The molecule has 0 aliphatic carbocycles. The Labute approximate surface area is 143 Å². The van der Waals surface area contributed by atoms with E-state index in [0.717, 1.165) is 18.1 Å². The van der Waals surface area contributed by atoms with Crippen LogP contribution in [0.4, 0.5) is 0 Å². The lowest BCUT2D eigenvalue weighted by molar-refractivity contribution is -0.955. The van der Waals surface area contributed by atoms with Gasteiger partial charge in [-0.2, -0.15) is 0 Å². The van der Waals surface area contributed by atoms with Gasteiger partial charge in [-0.25, -0.2) is 0 Å². The van der Waals surface area contributed by atoms with Gasteiger partial charge in [0.05, 0.1) is 31.2 Å². The van der Waals surface area contributed by atoms with E-state index in [-0.39, 0.29) is 0 Å². The Morgan fingerprint density at radius 3 is 2.22 bits per heavy atom. The predicted octanol–water partition coefficient (Wildman–Crippen LogP) is -0.501. The number of benzene rings is 1. The molecule has 3 nitrogen and oxygen atoms in total. The Morgan fingerprint density at radius 1 is 1.04 bits per heavy atom. The molecule has 0 atom stereocenters. The van der Waals surface area contributed by atoms with Crippen molar-refractivity contribution in [3.05, 3.63) is 35.9 Å². The fraction of sp³-hybridized carbons (Fsp3) is 0.700. The summed E-state index contributed by atoms with van der Waals surface area (Å²) in [5.74, 6) is 0. The fourth-order valence-corrected chi connectivity index (χ4v) is 4.08. The lowest BCUT2D eigenvalue weighted by atomic mass is 10.0. The maximum Gasteiger partial charge on any atom is 0.127 e. The Balaban J connectivity index is 1.65. The van der Waals surface area contributed by atoms with E-state index in [9.17, 15) is 0 Å². The molecule has 1 heterocycles. The first-order valence-electron chi connectivity index (χ1n) is 9.62. The zero-order valence-electron chi connectivity index (χ0n) is 15.6. The first-order valence-corrected chi connectivity index (χ1v) is 9.62. The topological polar surface area (TPSA) is 25.5 Å². The van der Waals surface area contributed by atoms with Crippen molar-refractivity contribution >= 4 is 0 Å². The van der Waals surface area contributed by atoms with Gasteiger partial charge in [0.25, 0.3) is 0 Å². The van der Waals surface area contributed by atoms with Gasteiger partial charge in [0.15, 0.2) is 0 Å². The van der Waals surface area contributed by atoms with E-state index in [1.165, 1.54) is 51.1 Å². The third-order valence-electron chi connectivity index (χ3n) is 5.45. The van der Waals surface area contributed by atoms with E-state index < -0.39 is 0 Å². The summed E-state index contributed by atoms with van der Waals surface area (Å²) in [7, 11) is 0. The number of piperidine rings is 1. The quantitative estimate of drug-likeness (QED) is 0.576. The average Bonchev–Trinajstić information content (AvgIpc) is 2.53. The molecule has 0 bridgehead atoms. The zero-order valence-corrected chi connectivity index (χ0v) is 15.6. The molecule has 0 saturated carbocycles. The highest BCUT2D eigenvalue weighted by atomic mass is 15.2. The Morgan fingerprint density at radius 2 is 1.65 bits per heavy atom. The van der Waals surface area contributed by atoms with E-state index in [0.29, 0.717) is 0 Å². The third kappa shape index (κ3) is 6.25. The first-order chi connectivity index (χ1) is 11.1. The second-order valence-electron chi connectivity index (χ2n) is 7.91. The number of hydrogen-bond donors (Lipinski definition) is 3. The number of nitrogens with one attached hydrogen (secondary N) is 2. The molecule has 1 fully saturated rings. The Bertz CT molecular complexity index is 414. The van der Waals surface area contributed by atoms with Crippen LogP contribution in [-0.2, 0) is 6.54 Å². The molecule has 0 unspecified atom stereocenters. The lowest BCUT2D eigenvalue weighted by Crippen LogP contribution is -3.20. The number of rotatable bonds is 8. The van der Waals surface area contributed by atoms with Gasteiger partial charge in [-0.1, -0.05) is 30.3 Å². The highest BCUT2D eigenvalue weighted by molar-refractivity contribution is 5.13. The number of hydrogen-bond acceptors (Lipinski definition) is 0. The van der Waals surface area contributed by atoms with Gasteiger partial charge in [-0.3, -0.25) is 0 Å². The van der Waals surface area contributed by atoms with Crippen molar-refractivity contribution in [1.82, 2.24) is 0 Å². The molecule has 2 rings (SSSR count). The summed E-state index contributed by atoms with van der Waals surface area (Å²) in [6.45, 7) is 15.8. The summed E-state index contributed by atoms with van der Waals surface area (Å²) in [6, 6.07) is 13.3. The van der Waals surface area contributed by atoms with Gasteiger partial charge >= 0.3 is 0 Å². The van der Waals surface area contributed by atoms with E-state index in [1.807, 2.05) is 0 Å². The standard InChI is InChI=1S/C20H35N3/c1-17(2)23(18(3)4)15-12-21-20-10-13-22(14-11-20)16-19-8-6-5-7-9-19/h5-9,17-18,20-21H,10-16H2,1-4H3/p+3. The summed E-state index contributed by atoms with van der Waals surface area (Å²) >= 11 is 0. The summed E-state index contributed by atoms with van der Waals surface area (Å²) < 4.78 is 0. The van der Waals surface area contributed by atoms with Crippen molar-refractivity contribution in [3.8, 4) is 0 Å². The SMILES string of the molecule is CC(C)[NH+](CC[NH2+]C1CC[NH+](Cc2ccccc2)CC1)C(C)C.